The fourth-order valence-corrected chi connectivity index (χ4v) is 2.35. The van der Waals surface area contributed by atoms with E-state index in [-0.39, 0.29) is 17.8 Å². The Morgan fingerprint density at radius 1 is 1.08 bits per heavy atom. The highest BCUT2D eigenvalue weighted by atomic mass is 35.5. The Labute approximate surface area is 156 Å². The zero-order chi connectivity index (χ0) is 19.1. The number of amides is 1. The van der Waals surface area contributed by atoms with Gasteiger partial charge in [0.25, 0.3) is 5.91 Å². The van der Waals surface area contributed by atoms with Crippen LogP contribution in [0.2, 0.25) is 5.02 Å². The first-order valence-corrected chi connectivity index (χ1v) is 8.02. The molecule has 0 unspecified atom stereocenters. The zero-order valence-corrected chi connectivity index (χ0v) is 15.1. The summed E-state index contributed by atoms with van der Waals surface area (Å²) in [6.07, 6.45) is 0. The molecule has 0 fully saturated rings. The van der Waals surface area contributed by atoms with E-state index in [1.807, 2.05) is 0 Å². The Morgan fingerprint density at radius 3 is 2.46 bits per heavy atom. The van der Waals surface area contributed by atoms with Crippen molar-refractivity contribution in [1.29, 1.82) is 0 Å². The molecule has 138 valence electrons. The molecule has 8 heteroatoms. The standard InChI is InChI=1S/C18H19ClN2O5/c1-24-15-6-3-11(7-16(15)25-2)9-21-17(22)10-26-18(23)13-5-4-12(19)8-14(13)20/h3-8H,9-10,20H2,1-2H3,(H,21,22). The summed E-state index contributed by atoms with van der Waals surface area (Å²) < 4.78 is 15.3. The summed E-state index contributed by atoms with van der Waals surface area (Å²) in [6, 6.07) is 9.69. The quantitative estimate of drug-likeness (QED) is 0.567. The molecule has 0 saturated carbocycles. The van der Waals surface area contributed by atoms with E-state index in [4.69, 9.17) is 31.5 Å². The normalized spacial score (nSPS) is 10.1. The maximum atomic E-state index is 12.0. The van der Waals surface area contributed by atoms with Crippen LogP contribution >= 0.6 is 11.6 Å². The first-order chi connectivity index (χ1) is 12.4. The van der Waals surface area contributed by atoms with Crippen LogP contribution in [0, 0.1) is 0 Å². The minimum absolute atomic E-state index is 0.155. The van der Waals surface area contributed by atoms with E-state index < -0.39 is 18.5 Å². The van der Waals surface area contributed by atoms with E-state index >= 15 is 0 Å². The van der Waals surface area contributed by atoms with Gasteiger partial charge in [0.2, 0.25) is 0 Å². The van der Waals surface area contributed by atoms with Crippen molar-refractivity contribution in [1.82, 2.24) is 5.32 Å². The number of nitrogens with two attached hydrogens (primary N) is 1. The van der Waals surface area contributed by atoms with Gasteiger partial charge in [-0.15, -0.1) is 0 Å². The number of methoxy groups -OCH3 is 2. The number of nitrogens with one attached hydrogen (secondary N) is 1. The molecule has 0 aliphatic rings. The van der Waals surface area contributed by atoms with Crippen molar-refractivity contribution in [3.8, 4) is 11.5 Å². The van der Waals surface area contributed by atoms with E-state index in [1.54, 1.807) is 25.3 Å². The lowest BCUT2D eigenvalue weighted by Crippen LogP contribution is -2.28. The molecular formula is C18H19ClN2O5. The van der Waals surface area contributed by atoms with Gasteiger partial charge in [0.15, 0.2) is 18.1 Å². The van der Waals surface area contributed by atoms with Crippen LogP contribution in [-0.4, -0.2) is 32.7 Å². The van der Waals surface area contributed by atoms with Crippen molar-refractivity contribution >= 4 is 29.2 Å². The average Bonchev–Trinajstić information content (AvgIpc) is 2.64. The molecule has 0 heterocycles. The largest absolute Gasteiger partial charge is 0.493 e. The first-order valence-electron chi connectivity index (χ1n) is 7.64. The number of esters is 1. The Balaban J connectivity index is 1.86. The second kappa shape index (κ2) is 8.96. The number of hydrogen-bond donors (Lipinski definition) is 2. The summed E-state index contributed by atoms with van der Waals surface area (Å²) in [5.74, 6) is 0.0158. The van der Waals surface area contributed by atoms with Crippen molar-refractivity contribution in [3.63, 3.8) is 0 Å². The average molecular weight is 379 g/mol. The van der Waals surface area contributed by atoms with Crippen LogP contribution in [0.3, 0.4) is 0 Å². The van der Waals surface area contributed by atoms with Crippen LogP contribution in [0.5, 0.6) is 11.5 Å². The van der Waals surface area contributed by atoms with Crippen molar-refractivity contribution in [2.45, 2.75) is 6.54 Å². The number of rotatable bonds is 7. The van der Waals surface area contributed by atoms with E-state index in [9.17, 15) is 9.59 Å². The SMILES string of the molecule is COc1ccc(CNC(=O)COC(=O)c2ccc(Cl)cc2N)cc1OC. The van der Waals surface area contributed by atoms with Gasteiger partial charge in [-0.1, -0.05) is 17.7 Å². The monoisotopic (exact) mass is 378 g/mol. The van der Waals surface area contributed by atoms with Crippen LogP contribution in [-0.2, 0) is 16.1 Å². The molecule has 1 amide bonds. The molecule has 7 nitrogen and oxygen atoms in total. The van der Waals surface area contributed by atoms with Crippen LogP contribution < -0.4 is 20.5 Å². The molecule has 0 spiro atoms. The highest BCUT2D eigenvalue weighted by molar-refractivity contribution is 6.31. The number of nitrogen functional groups attached to an aromatic ring is 1. The van der Waals surface area contributed by atoms with Crippen molar-refractivity contribution in [2.24, 2.45) is 0 Å². The Hall–Kier alpha value is -2.93. The molecule has 2 rings (SSSR count). The summed E-state index contributed by atoms with van der Waals surface area (Å²) in [4.78, 5) is 23.8. The molecule has 0 atom stereocenters. The number of benzene rings is 2. The third-order valence-corrected chi connectivity index (χ3v) is 3.74. The summed E-state index contributed by atoms with van der Waals surface area (Å²) in [5.41, 5.74) is 6.86. The van der Waals surface area contributed by atoms with Crippen molar-refractivity contribution in [2.75, 3.05) is 26.6 Å². The molecule has 0 aliphatic carbocycles. The van der Waals surface area contributed by atoms with E-state index in [0.29, 0.717) is 16.5 Å². The number of anilines is 1. The van der Waals surface area contributed by atoms with E-state index in [1.165, 1.54) is 25.3 Å². The van der Waals surface area contributed by atoms with Gasteiger partial charge < -0.3 is 25.3 Å². The van der Waals surface area contributed by atoms with Gasteiger partial charge in [0, 0.05) is 17.3 Å². The molecular weight excluding hydrogens is 360 g/mol. The van der Waals surface area contributed by atoms with Gasteiger partial charge in [0.1, 0.15) is 0 Å². The summed E-state index contributed by atoms with van der Waals surface area (Å²) in [6.45, 7) is -0.173. The molecule has 3 N–H and O–H groups in total. The number of ether oxygens (including phenoxy) is 3. The number of carbonyl (C=O) groups excluding carboxylic acids is 2. The molecule has 2 aromatic carbocycles. The van der Waals surface area contributed by atoms with Gasteiger partial charge in [-0.2, -0.15) is 0 Å². The molecule has 0 aromatic heterocycles. The number of halogens is 1. The van der Waals surface area contributed by atoms with Gasteiger partial charge in [0.05, 0.1) is 19.8 Å². The van der Waals surface area contributed by atoms with Gasteiger partial charge in [-0.25, -0.2) is 4.79 Å². The molecule has 0 bridgehead atoms. The predicted molar refractivity (Wildman–Crippen MR) is 97.5 cm³/mol. The smallest absolute Gasteiger partial charge is 0.340 e. The molecule has 26 heavy (non-hydrogen) atoms. The summed E-state index contributed by atoms with van der Waals surface area (Å²) >= 11 is 5.78. The third-order valence-electron chi connectivity index (χ3n) is 3.51. The number of carbonyl (C=O) groups is 2. The summed E-state index contributed by atoms with van der Waals surface area (Å²) in [7, 11) is 3.07. The maximum Gasteiger partial charge on any atom is 0.340 e. The zero-order valence-electron chi connectivity index (χ0n) is 14.4. The lowest BCUT2D eigenvalue weighted by atomic mass is 10.2. The lowest BCUT2D eigenvalue weighted by Gasteiger charge is -2.11. The van der Waals surface area contributed by atoms with Gasteiger partial charge >= 0.3 is 5.97 Å². The van der Waals surface area contributed by atoms with Gasteiger partial charge in [-0.3, -0.25) is 4.79 Å². The van der Waals surface area contributed by atoms with Gasteiger partial charge in [-0.05, 0) is 35.9 Å². The highest BCUT2D eigenvalue weighted by Crippen LogP contribution is 2.27. The van der Waals surface area contributed by atoms with E-state index in [0.717, 1.165) is 5.56 Å². The topological polar surface area (TPSA) is 99.9 Å². The highest BCUT2D eigenvalue weighted by Gasteiger charge is 2.13. The van der Waals surface area contributed by atoms with Crippen molar-refractivity contribution < 1.29 is 23.8 Å². The minimum atomic E-state index is -0.694. The second-order valence-electron chi connectivity index (χ2n) is 5.27. The lowest BCUT2D eigenvalue weighted by molar-refractivity contribution is -0.124. The molecule has 0 saturated heterocycles. The predicted octanol–water partition coefficient (Wildman–Crippen LogP) is 2.41. The summed E-state index contributed by atoms with van der Waals surface area (Å²) in [5, 5.41) is 3.06. The van der Waals surface area contributed by atoms with E-state index in [2.05, 4.69) is 5.32 Å². The number of hydrogen-bond acceptors (Lipinski definition) is 6. The van der Waals surface area contributed by atoms with Crippen LogP contribution in [0.25, 0.3) is 0 Å². The Kier molecular flexibility index (Phi) is 6.68. The molecule has 0 aliphatic heterocycles. The maximum absolute atomic E-state index is 12.0. The fraction of sp³-hybridized carbons (Fsp3) is 0.222. The Bertz CT molecular complexity index is 810. The van der Waals surface area contributed by atoms with Crippen molar-refractivity contribution in [3.05, 3.63) is 52.5 Å². The van der Waals surface area contributed by atoms with Crippen LogP contribution in [0.4, 0.5) is 5.69 Å². The third kappa shape index (κ3) is 5.03. The Morgan fingerprint density at radius 2 is 1.81 bits per heavy atom. The second-order valence-corrected chi connectivity index (χ2v) is 5.71. The fourth-order valence-electron chi connectivity index (χ4n) is 2.17. The van der Waals surface area contributed by atoms with Crippen LogP contribution in [0.1, 0.15) is 15.9 Å². The molecule has 0 radical (unpaired) electrons. The minimum Gasteiger partial charge on any atom is -0.493 e. The first kappa shape index (κ1) is 19.4. The van der Waals surface area contributed by atoms with Crippen LogP contribution in [0.15, 0.2) is 36.4 Å². The molecule has 2 aromatic rings.